The number of para-hydroxylation sites is 3. The molecule has 0 bridgehead atoms. The summed E-state index contributed by atoms with van der Waals surface area (Å²) in [7, 11) is 0. The number of benzene rings is 10. The van der Waals surface area contributed by atoms with Gasteiger partial charge in [-0.05, 0) is 105 Å². The molecule has 0 saturated heterocycles. The fraction of sp³-hybridized carbons (Fsp3) is 0.0164. The lowest BCUT2D eigenvalue weighted by molar-refractivity contribution is 0.669. The van der Waals surface area contributed by atoms with Crippen molar-refractivity contribution in [2.24, 2.45) is 0 Å². The smallest absolute Gasteiger partial charge is 0.145 e. The Morgan fingerprint density at radius 3 is 1.67 bits per heavy atom. The number of rotatable bonds is 5. The van der Waals surface area contributed by atoms with Crippen LogP contribution in [0.4, 0.5) is 17.1 Å². The molecule has 0 atom stereocenters. The predicted molar refractivity (Wildman–Crippen MR) is 264 cm³/mol. The number of anilines is 3. The van der Waals surface area contributed by atoms with Crippen LogP contribution >= 0.6 is 0 Å². The summed E-state index contributed by atoms with van der Waals surface area (Å²) in [5.41, 5.74) is 20.3. The Kier molecular flexibility index (Phi) is 7.32. The van der Waals surface area contributed by atoms with Crippen LogP contribution in [0.3, 0.4) is 0 Å². The first-order valence-electron chi connectivity index (χ1n) is 22.1. The number of hydrogen-bond donors (Lipinski definition) is 0. The molecule has 2 aromatic heterocycles. The van der Waals surface area contributed by atoms with E-state index in [0.29, 0.717) is 0 Å². The van der Waals surface area contributed by atoms with Gasteiger partial charge in [0.25, 0.3) is 0 Å². The van der Waals surface area contributed by atoms with Crippen molar-refractivity contribution in [3.05, 3.63) is 253 Å². The van der Waals surface area contributed by atoms with E-state index in [1.54, 1.807) is 0 Å². The fourth-order valence-corrected chi connectivity index (χ4v) is 11.4. The molecule has 12 aromatic rings. The highest BCUT2D eigenvalue weighted by Crippen LogP contribution is 2.65. The Morgan fingerprint density at radius 2 is 0.938 bits per heavy atom. The van der Waals surface area contributed by atoms with Crippen LogP contribution < -0.4 is 4.90 Å². The topological polar surface area (TPSA) is 21.3 Å². The second-order valence-corrected chi connectivity index (χ2v) is 17.1. The van der Waals surface area contributed by atoms with Gasteiger partial charge in [0.05, 0.1) is 27.5 Å². The molecular formula is C61H38N2O. The van der Waals surface area contributed by atoms with E-state index in [9.17, 15) is 0 Å². The molecule has 2 aliphatic carbocycles. The van der Waals surface area contributed by atoms with E-state index in [-0.39, 0.29) is 0 Å². The SMILES string of the molecule is c1ccc(-c2ccc(N(c3ccc4c5ccccc5n(-c5ccccc5)c4c3)c3cc4c(c5oc6ccccc6c35)-c3ccccc3C43c4ccccc4-c4ccccc43)cc2)cc1. The van der Waals surface area contributed by atoms with E-state index in [2.05, 4.69) is 240 Å². The quantitative estimate of drug-likeness (QED) is 0.173. The summed E-state index contributed by atoms with van der Waals surface area (Å²) in [4.78, 5) is 2.48. The molecule has 1 spiro atoms. The zero-order chi connectivity index (χ0) is 41.9. The second-order valence-electron chi connectivity index (χ2n) is 17.1. The Labute approximate surface area is 370 Å². The maximum Gasteiger partial charge on any atom is 0.145 e. The number of aromatic nitrogens is 1. The van der Waals surface area contributed by atoms with Crippen LogP contribution in [-0.4, -0.2) is 4.57 Å². The van der Waals surface area contributed by atoms with Gasteiger partial charge in [-0.25, -0.2) is 0 Å². The molecule has 3 heteroatoms. The highest BCUT2D eigenvalue weighted by molar-refractivity contribution is 6.20. The van der Waals surface area contributed by atoms with Gasteiger partial charge in [-0.2, -0.15) is 0 Å². The number of hydrogen-bond acceptors (Lipinski definition) is 2. The molecule has 0 N–H and O–H groups in total. The minimum absolute atomic E-state index is 0.562. The Bertz CT molecular complexity index is 3790. The van der Waals surface area contributed by atoms with E-state index in [4.69, 9.17) is 4.42 Å². The van der Waals surface area contributed by atoms with Gasteiger partial charge >= 0.3 is 0 Å². The van der Waals surface area contributed by atoms with Crippen LogP contribution in [0, 0.1) is 0 Å². The van der Waals surface area contributed by atoms with Crippen molar-refractivity contribution in [1.29, 1.82) is 0 Å². The fourth-order valence-electron chi connectivity index (χ4n) is 11.4. The van der Waals surface area contributed by atoms with Gasteiger partial charge < -0.3 is 13.9 Å². The maximum absolute atomic E-state index is 7.23. The zero-order valence-corrected chi connectivity index (χ0v) is 34.7. The van der Waals surface area contributed by atoms with Gasteiger partial charge in [-0.3, -0.25) is 0 Å². The molecular weight excluding hydrogens is 777 g/mol. The summed E-state index contributed by atoms with van der Waals surface area (Å²) in [5, 5.41) is 4.62. The highest BCUT2D eigenvalue weighted by Gasteiger charge is 2.53. The molecule has 0 aliphatic heterocycles. The van der Waals surface area contributed by atoms with Crippen LogP contribution in [0.2, 0.25) is 0 Å². The Balaban J connectivity index is 1.12. The van der Waals surface area contributed by atoms with Gasteiger partial charge in [-0.15, -0.1) is 0 Å². The monoisotopic (exact) mass is 814 g/mol. The standard InChI is InChI=1S/C61H38N2O/c1-3-17-39(18-4-1)40-31-33-42(34-32-40)62(43-35-36-47-46-23-10-15-29-54(46)63(55(47)37-43)41-19-5-2-6-20-41)56-38-53-58(60-59(56)49-25-11-16-30-57(49)64-60)48-24-9-14-28-52(48)61(53)50-26-12-7-21-44(50)45-22-8-13-27-51(45)61/h1-38H. The minimum Gasteiger partial charge on any atom is -0.455 e. The summed E-state index contributed by atoms with van der Waals surface area (Å²) in [5.74, 6) is 0. The third-order valence-corrected chi connectivity index (χ3v) is 14.0. The van der Waals surface area contributed by atoms with E-state index in [1.807, 2.05) is 0 Å². The summed E-state index contributed by atoms with van der Waals surface area (Å²) in [6, 6.07) is 84.4. The molecule has 10 aromatic carbocycles. The molecule has 2 heterocycles. The zero-order valence-electron chi connectivity index (χ0n) is 34.7. The van der Waals surface area contributed by atoms with Crippen LogP contribution in [0.15, 0.2) is 235 Å². The lowest BCUT2D eigenvalue weighted by atomic mass is 9.70. The average Bonchev–Trinajstić information content (AvgIpc) is 4.09. The van der Waals surface area contributed by atoms with E-state index >= 15 is 0 Å². The number of furan rings is 1. The second kappa shape index (κ2) is 13.3. The number of nitrogens with zero attached hydrogens (tertiary/aromatic N) is 2. The van der Waals surface area contributed by atoms with Crippen molar-refractivity contribution < 1.29 is 4.42 Å². The number of fused-ring (bicyclic) bond motifs is 17. The molecule has 0 unspecified atom stereocenters. The third kappa shape index (κ3) is 4.70. The van der Waals surface area contributed by atoms with Crippen molar-refractivity contribution in [3.8, 4) is 39.1 Å². The molecule has 0 radical (unpaired) electrons. The largest absolute Gasteiger partial charge is 0.455 e. The average molecular weight is 815 g/mol. The summed E-state index contributed by atoms with van der Waals surface area (Å²) < 4.78 is 9.64. The minimum atomic E-state index is -0.562. The van der Waals surface area contributed by atoms with Gasteiger partial charge in [-0.1, -0.05) is 176 Å². The van der Waals surface area contributed by atoms with Crippen LogP contribution in [0.1, 0.15) is 22.3 Å². The van der Waals surface area contributed by atoms with Crippen molar-refractivity contribution in [1.82, 2.24) is 4.57 Å². The molecule has 0 saturated carbocycles. The molecule has 14 rings (SSSR count). The van der Waals surface area contributed by atoms with Crippen LogP contribution in [-0.2, 0) is 5.41 Å². The van der Waals surface area contributed by atoms with Gasteiger partial charge in [0.2, 0.25) is 0 Å². The predicted octanol–water partition coefficient (Wildman–Crippen LogP) is 16.2. The van der Waals surface area contributed by atoms with E-state index in [0.717, 1.165) is 55.8 Å². The first kappa shape index (κ1) is 35.2. The Morgan fingerprint density at radius 1 is 0.391 bits per heavy atom. The summed E-state index contributed by atoms with van der Waals surface area (Å²) >= 11 is 0. The molecule has 2 aliphatic rings. The molecule has 64 heavy (non-hydrogen) atoms. The first-order valence-corrected chi connectivity index (χ1v) is 22.1. The van der Waals surface area contributed by atoms with Crippen molar-refractivity contribution >= 4 is 60.8 Å². The van der Waals surface area contributed by atoms with Crippen LogP contribution in [0.5, 0.6) is 0 Å². The molecule has 0 amide bonds. The first-order chi connectivity index (χ1) is 31.8. The van der Waals surface area contributed by atoms with Crippen molar-refractivity contribution in [2.45, 2.75) is 5.41 Å². The van der Waals surface area contributed by atoms with E-state index < -0.39 is 5.41 Å². The normalized spacial score (nSPS) is 13.1. The lowest BCUT2D eigenvalue weighted by Gasteiger charge is -2.32. The highest BCUT2D eigenvalue weighted by atomic mass is 16.3. The molecule has 0 fully saturated rings. The van der Waals surface area contributed by atoms with Crippen molar-refractivity contribution in [3.63, 3.8) is 0 Å². The van der Waals surface area contributed by atoms with Gasteiger partial charge in [0.1, 0.15) is 11.2 Å². The molecule has 298 valence electrons. The summed E-state index contributed by atoms with van der Waals surface area (Å²) in [6.07, 6.45) is 0. The Hall–Kier alpha value is -8.40. The van der Waals surface area contributed by atoms with E-state index in [1.165, 1.54) is 66.4 Å². The molecule has 3 nitrogen and oxygen atoms in total. The maximum atomic E-state index is 7.23. The third-order valence-electron chi connectivity index (χ3n) is 14.0. The van der Waals surface area contributed by atoms with Gasteiger partial charge in [0, 0.05) is 38.8 Å². The van der Waals surface area contributed by atoms with Crippen molar-refractivity contribution in [2.75, 3.05) is 4.90 Å². The summed E-state index contributed by atoms with van der Waals surface area (Å²) in [6.45, 7) is 0. The van der Waals surface area contributed by atoms with Crippen LogP contribution in [0.25, 0.3) is 82.8 Å². The van der Waals surface area contributed by atoms with Gasteiger partial charge in [0.15, 0.2) is 0 Å². The lowest BCUT2D eigenvalue weighted by Crippen LogP contribution is -2.26.